The van der Waals surface area contributed by atoms with Crippen molar-refractivity contribution < 1.29 is 28.3 Å². The second-order valence-corrected chi connectivity index (χ2v) is 15.8. The van der Waals surface area contributed by atoms with Crippen LogP contribution >= 0.6 is 0 Å². The van der Waals surface area contributed by atoms with Crippen molar-refractivity contribution in [2.24, 2.45) is 34.5 Å². The molecule has 4 amide bonds. The van der Waals surface area contributed by atoms with Crippen LogP contribution in [0.15, 0.2) is 24.3 Å². The maximum atomic E-state index is 15.1. The number of amides is 4. The summed E-state index contributed by atoms with van der Waals surface area (Å²) < 4.78 is 19.1. The van der Waals surface area contributed by atoms with Gasteiger partial charge in [-0.25, -0.2) is 4.39 Å². The number of fused-ring (bicyclic) bond motifs is 4. The Hall–Kier alpha value is -3.68. The lowest BCUT2D eigenvalue weighted by Gasteiger charge is -2.54. The third-order valence-electron chi connectivity index (χ3n) is 12.2. The summed E-state index contributed by atoms with van der Waals surface area (Å²) in [4.78, 5) is 56.9. The number of hydrogen-bond donors (Lipinski definition) is 3. The zero-order valence-electron chi connectivity index (χ0n) is 28.4. The molecule has 4 bridgehead atoms. The van der Waals surface area contributed by atoms with Crippen LogP contribution in [0.5, 0.6) is 5.75 Å². The van der Waals surface area contributed by atoms with Crippen LogP contribution in [0.25, 0.3) is 0 Å². The first-order valence-corrected chi connectivity index (χ1v) is 17.9. The molecule has 10 atom stereocenters. The molecule has 3 aliphatic carbocycles. The van der Waals surface area contributed by atoms with Gasteiger partial charge in [0.1, 0.15) is 29.7 Å². The Kier molecular flexibility index (Phi) is 9.74. The molecule has 11 heteroatoms. The molecule has 3 saturated carbocycles. The summed E-state index contributed by atoms with van der Waals surface area (Å²) >= 11 is 0. The normalized spacial score (nSPS) is 34.9. The molecule has 1 aromatic rings. The molecule has 0 radical (unpaired) electrons. The number of halogens is 1. The smallest absolute Gasteiger partial charge is 0.258 e. The number of rotatable bonds is 11. The lowest BCUT2D eigenvalue weighted by atomic mass is 9.53. The Morgan fingerprint density at radius 1 is 1.12 bits per heavy atom. The van der Waals surface area contributed by atoms with E-state index in [1.54, 1.807) is 4.90 Å². The molecule has 5 aliphatic rings. The molecule has 3 N–H and O–H groups in total. The Labute approximate surface area is 282 Å². The van der Waals surface area contributed by atoms with Crippen molar-refractivity contribution >= 4 is 23.6 Å². The van der Waals surface area contributed by atoms with Crippen LogP contribution < -0.4 is 20.7 Å². The Balaban J connectivity index is 1.28. The quantitative estimate of drug-likeness (QED) is 0.324. The Bertz CT molecular complexity index is 1440. The summed E-state index contributed by atoms with van der Waals surface area (Å²) in [5.41, 5.74) is -0.924. The average Bonchev–Trinajstić information content (AvgIpc) is 3.73. The molecular formula is C37H50FN5O5. The van der Waals surface area contributed by atoms with Crippen molar-refractivity contribution in [3.63, 3.8) is 0 Å². The Morgan fingerprint density at radius 2 is 1.90 bits per heavy atom. The van der Waals surface area contributed by atoms with E-state index < -0.39 is 40.7 Å². The number of carbonyl (C=O) groups excluding carboxylic acids is 4. The predicted molar refractivity (Wildman–Crippen MR) is 175 cm³/mol. The highest BCUT2D eigenvalue weighted by molar-refractivity contribution is 5.94. The van der Waals surface area contributed by atoms with Crippen molar-refractivity contribution in [1.82, 2.24) is 20.9 Å². The van der Waals surface area contributed by atoms with Gasteiger partial charge in [0.25, 0.3) is 5.91 Å². The predicted octanol–water partition coefficient (Wildman–Crippen LogP) is 4.24. The first-order chi connectivity index (χ1) is 22.9. The second kappa shape index (κ2) is 13.7. The minimum absolute atomic E-state index is 0.104. The highest BCUT2D eigenvalue weighted by atomic mass is 19.1. The van der Waals surface area contributed by atoms with Crippen molar-refractivity contribution in [3.05, 3.63) is 30.1 Å². The molecule has 10 nitrogen and oxygen atoms in total. The molecular weight excluding hydrogens is 613 g/mol. The SMILES string of the molecule is CCC1CC2CC(C)C[C@@](C(NC(=O)COc3ccc(F)cc3)C(=O)N3[C@@H]4CC[C@@](C)(C4)[C@H]3C(=O)N[C@H](C#N)C[C@@H]3CCNC3=O)(C1)C2. The molecule has 260 valence electrons. The number of benzene rings is 1. The van der Waals surface area contributed by atoms with E-state index in [2.05, 4.69) is 35.9 Å². The van der Waals surface area contributed by atoms with Crippen LogP contribution in [0.3, 0.4) is 0 Å². The maximum Gasteiger partial charge on any atom is 0.258 e. The molecule has 2 heterocycles. The van der Waals surface area contributed by atoms with Crippen LogP contribution in [0, 0.1) is 51.6 Å². The average molecular weight is 664 g/mol. The van der Waals surface area contributed by atoms with Crippen LogP contribution in [-0.2, 0) is 19.2 Å². The van der Waals surface area contributed by atoms with E-state index in [-0.39, 0.29) is 42.7 Å². The first kappa shape index (κ1) is 34.2. The summed E-state index contributed by atoms with van der Waals surface area (Å²) in [5.74, 6) is -0.233. The van der Waals surface area contributed by atoms with Crippen LogP contribution in [0.1, 0.15) is 91.4 Å². The fourth-order valence-electron chi connectivity index (χ4n) is 10.3. The van der Waals surface area contributed by atoms with E-state index in [0.29, 0.717) is 42.9 Å². The second-order valence-electron chi connectivity index (χ2n) is 15.8. The van der Waals surface area contributed by atoms with E-state index >= 15 is 4.79 Å². The molecule has 6 rings (SSSR count). The van der Waals surface area contributed by atoms with Gasteiger partial charge in [0.05, 0.1) is 6.07 Å². The third kappa shape index (κ3) is 6.77. The number of hydrogen-bond acceptors (Lipinski definition) is 6. The molecule has 5 fully saturated rings. The van der Waals surface area contributed by atoms with Crippen LogP contribution in [-0.4, -0.2) is 65.8 Å². The van der Waals surface area contributed by atoms with Crippen LogP contribution in [0.4, 0.5) is 4.39 Å². The van der Waals surface area contributed by atoms with E-state index in [4.69, 9.17) is 4.74 Å². The highest BCUT2D eigenvalue weighted by Gasteiger charge is 2.62. The van der Waals surface area contributed by atoms with Gasteiger partial charge in [0, 0.05) is 23.9 Å². The lowest BCUT2D eigenvalue weighted by Crippen LogP contribution is -2.65. The number of ether oxygens (including phenoxy) is 1. The lowest BCUT2D eigenvalue weighted by molar-refractivity contribution is -0.154. The topological polar surface area (TPSA) is 141 Å². The van der Waals surface area contributed by atoms with Crippen LogP contribution in [0.2, 0.25) is 0 Å². The highest BCUT2D eigenvalue weighted by Crippen LogP contribution is 2.57. The minimum atomic E-state index is -0.854. The Morgan fingerprint density at radius 3 is 2.58 bits per heavy atom. The number of nitrogens with one attached hydrogen (secondary N) is 3. The van der Waals surface area contributed by atoms with Gasteiger partial charge in [0.15, 0.2) is 6.61 Å². The van der Waals surface area contributed by atoms with Gasteiger partial charge in [-0.2, -0.15) is 5.26 Å². The molecule has 2 saturated heterocycles. The number of nitrogens with zero attached hydrogens (tertiary/aromatic N) is 2. The molecule has 4 unspecified atom stereocenters. The minimum Gasteiger partial charge on any atom is -0.484 e. The standard InChI is InChI=1S/C37H50FN5O5/c1-4-23-14-24-13-22(2)16-37(17-23,18-24)31(42-30(44)21-48-29-7-5-26(38)6-8-29)35(47)43-28-9-11-36(3,19-28)32(43)34(46)41-27(20-39)15-25-10-12-40-33(25)45/h5-8,22-25,27-28,31-32H,4,9-19,21H2,1-3H3,(H,40,45)(H,41,46)(H,42,44)/t22?,23?,24?,25-,27-,28+,31?,32+,36-,37+/m0/s1. The van der Waals surface area contributed by atoms with E-state index in [0.717, 1.165) is 51.4 Å². The number of piperidine rings is 1. The van der Waals surface area contributed by atoms with Gasteiger partial charge in [-0.3, -0.25) is 19.2 Å². The summed E-state index contributed by atoms with van der Waals surface area (Å²) in [6.45, 7) is 6.70. The van der Waals surface area contributed by atoms with Gasteiger partial charge < -0.3 is 25.6 Å². The van der Waals surface area contributed by atoms with E-state index in [9.17, 15) is 24.0 Å². The van der Waals surface area contributed by atoms with Crippen molar-refractivity contribution in [1.29, 1.82) is 5.26 Å². The zero-order chi connectivity index (χ0) is 34.2. The van der Waals surface area contributed by atoms with Crippen molar-refractivity contribution in [3.8, 4) is 11.8 Å². The van der Waals surface area contributed by atoms with Gasteiger partial charge in [-0.1, -0.05) is 27.2 Å². The molecule has 2 aliphatic heterocycles. The number of nitriles is 1. The van der Waals surface area contributed by atoms with Crippen molar-refractivity contribution in [2.75, 3.05) is 13.2 Å². The zero-order valence-corrected chi connectivity index (χ0v) is 28.4. The molecule has 0 spiro atoms. The van der Waals surface area contributed by atoms with Gasteiger partial charge >= 0.3 is 0 Å². The van der Waals surface area contributed by atoms with Gasteiger partial charge in [-0.15, -0.1) is 0 Å². The van der Waals surface area contributed by atoms with Crippen molar-refractivity contribution in [2.45, 2.75) is 116 Å². The molecule has 48 heavy (non-hydrogen) atoms. The largest absolute Gasteiger partial charge is 0.484 e. The number of carbonyl (C=O) groups is 4. The summed E-state index contributed by atoms with van der Waals surface area (Å²) in [6, 6.07) is 5.00. The van der Waals surface area contributed by atoms with E-state index in [1.165, 1.54) is 24.3 Å². The fraction of sp³-hybridized carbons (Fsp3) is 0.703. The summed E-state index contributed by atoms with van der Waals surface area (Å²) in [7, 11) is 0. The van der Waals surface area contributed by atoms with E-state index in [1.807, 2.05) is 6.92 Å². The number of likely N-dealkylation sites (tertiary alicyclic amines) is 1. The first-order valence-electron chi connectivity index (χ1n) is 17.9. The van der Waals surface area contributed by atoms with Gasteiger partial charge in [0.2, 0.25) is 17.7 Å². The molecule has 1 aromatic carbocycles. The maximum absolute atomic E-state index is 15.1. The third-order valence-corrected chi connectivity index (χ3v) is 12.2. The fourth-order valence-corrected chi connectivity index (χ4v) is 10.3. The summed E-state index contributed by atoms with van der Waals surface area (Å²) in [5, 5.41) is 18.8. The summed E-state index contributed by atoms with van der Waals surface area (Å²) in [6.07, 6.45) is 8.77. The molecule has 0 aromatic heterocycles. The monoisotopic (exact) mass is 663 g/mol. The van der Waals surface area contributed by atoms with Gasteiger partial charge in [-0.05, 0) is 112 Å².